The minimum atomic E-state index is 0.952. The highest BCUT2D eigenvalue weighted by Crippen LogP contribution is 2.37. The second-order valence-corrected chi connectivity index (χ2v) is 6.08. The Balaban J connectivity index is 1.63. The van der Waals surface area contributed by atoms with E-state index >= 15 is 0 Å². The van der Waals surface area contributed by atoms with Crippen LogP contribution in [0.25, 0.3) is 0 Å². The zero-order valence-electron chi connectivity index (χ0n) is 10.6. The molecule has 0 saturated heterocycles. The molecule has 0 bridgehead atoms. The zero-order valence-corrected chi connectivity index (χ0v) is 12.2. The summed E-state index contributed by atoms with van der Waals surface area (Å²) in [6.45, 7) is 5.72. The number of anilines is 1. The number of likely N-dealkylation sites (N-methyl/N-ethyl adjacent to an activating group) is 1. The van der Waals surface area contributed by atoms with E-state index in [2.05, 4.69) is 64.4 Å². The van der Waals surface area contributed by atoms with Gasteiger partial charge in [0.05, 0.1) is 0 Å². The first kappa shape index (κ1) is 12.9. The Hall–Kier alpha value is -0.540. The van der Waals surface area contributed by atoms with Gasteiger partial charge in [-0.3, -0.25) is 0 Å². The third-order valence-electron chi connectivity index (χ3n) is 3.49. The SMILES string of the molecule is CC1CC1CN(C)CCNc1ccc(Br)cc1. The van der Waals surface area contributed by atoms with Crippen molar-refractivity contribution < 1.29 is 0 Å². The molecule has 0 amide bonds. The van der Waals surface area contributed by atoms with Crippen LogP contribution in [0.4, 0.5) is 5.69 Å². The van der Waals surface area contributed by atoms with Crippen molar-refractivity contribution in [1.29, 1.82) is 0 Å². The van der Waals surface area contributed by atoms with Gasteiger partial charge in [-0.05, 0) is 49.6 Å². The smallest absolute Gasteiger partial charge is 0.0341 e. The van der Waals surface area contributed by atoms with E-state index in [4.69, 9.17) is 0 Å². The average molecular weight is 297 g/mol. The highest BCUT2D eigenvalue weighted by Gasteiger charge is 2.32. The van der Waals surface area contributed by atoms with E-state index in [9.17, 15) is 0 Å². The Morgan fingerprint density at radius 2 is 2.00 bits per heavy atom. The van der Waals surface area contributed by atoms with E-state index in [1.807, 2.05) is 0 Å². The Labute approximate surface area is 113 Å². The molecule has 1 aromatic carbocycles. The highest BCUT2D eigenvalue weighted by molar-refractivity contribution is 9.10. The predicted octanol–water partition coefficient (Wildman–Crippen LogP) is 3.45. The summed E-state index contributed by atoms with van der Waals surface area (Å²) in [5, 5.41) is 3.45. The van der Waals surface area contributed by atoms with Crippen molar-refractivity contribution >= 4 is 21.6 Å². The van der Waals surface area contributed by atoms with E-state index in [0.29, 0.717) is 0 Å². The van der Waals surface area contributed by atoms with E-state index in [-0.39, 0.29) is 0 Å². The molecule has 2 unspecified atom stereocenters. The molecule has 0 radical (unpaired) electrons. The van der Waals surface area contributed by atoms with Gasteiger partial charge >= 0.3 is 0 Å². The Bertz CT molecular complexity index is 350. The van der Waals surface area contributed by atoms with Crippen molar-refractivity contribution in [1.82, 2.24) is 4.90 Å². The van der Waals surface area contributed by atoms with Gasteiger partial charge < -0.3 is 10.2 Å². The van der Waals surface area contributed by atoms with Gasteiger partial charge in [-0.2, -0.15) is 0 Å². The third kappa shape index (κ3) is 4.32. The molecule has 2 nitrogen and oxygen atoms in total. The largest absolute Gasteiger partial charge is 0.384 e. The van der Waals surface area contributed by atoms with Gasteiger partial charge in [-0.25, -0.2) is 0 Å². The molecule has 17 heavy (non-hydrogen) atoms. The fourth-order valence-corrected chi connectivity index (χ4v) is 2.37. The topological polar surface area (TPSA) is 15.3 Å². The van der Waals surface area contributed by atoms with Gasteiger partial charge in [0.2, 0.25) is 0 Å². The average Bonchev–Trinajstić information content (AvgIpc) is 2.97. The summed E-state index contributed by atoms with van der Waals surface area (Å²) >= 11 is 3.44. The zero-order chi connectivity index (χ0) is 12.3. The molecule has 2 atom stereocenters. The number of halogens is 1. The van der Waals surface area contributed by atoms with Crippen LogP contribution in [0.3, 0.4) is 0 Å². The third-order valence-corrected chi connectivity index (χ3v) is 4.02. The molecule has 0 heterocycles. The van der Waals surface area contributed by atoms with E-state index in [1.54, 1.807) is 0 Å². The van der Waals surface area contributed by atoms with Crippen LogP contribution in [0.15, 0.2) is 28.7 Å². The van der Waals surface area contributed by atoms with Crippen molar-refractivity contribution in [3.05, 3.63) is 28.7 Å². The maximum absolute atomic E-state index is 3.45. The molecule has 0 spiro atoms. The molecule has 0 aromatic heterocycles. The summed E-state index contributed by atoms with van der Waals surface area (Å²) in [6.07, 6.45) is 1.42. The normalized spacial score (nSPS) is 22.8. The highest BCUT2D eigenvalue weighted by atomic mass is 79.9. The van der Waals surface area contributed by atoms with Gasteiger partial charge in [0.15, 0.2) is 0 Å². The van der Waals surface area contributed by atoms with Crippen molar-refractivity contribution in [2.45, 2.75) is 13.3 Å². The molecule has 1 fully saturated rings. The first-order valence-corrected chi connectivity index (χ1v) is 7.12. The Morgan fingerprint density at radius 3 is 2.59 bits per heavy atom. The summed E-state index contributed by atoms with van der Waals surface area (Å²) in [6, 6.07) is 8.34. The fourth-order valence-electron chi connectivity index (χ4n) is 2.10. The van der Waals surface area contributed by atoms with Crippen LogP contribution in [0, 0.1) is 11.8 Å². The Morgan fingerprint density at radius 1 is 1.35 bits per heavy atom. The summed E-state index contributed by atoms with van der Waals surface area (Å²) in [5.74, 6) is 1.91. The van der Waals surface area contributed by atoms with Crippen molar-refractivity contribution in [2.24, 2.45) is 11.8 Å². The van der Waals surface area contributed by atoms with Crippen LogP contribution in [0.2, 0.25) is 0 Å². The van der Waals surface area contributed by atoms with Crippen LogP contribution in [0.5, 0.6) is 0 Å². The minimum absolute atomic E-state index is 0.952. The maximum atomic E-state index is 3.45. The summed E-state index contributed by atoms with van der Waals surface area (Å²) in [4.78, 5) is 2.43. The van der Waals surface area contributed by atoms with E-state index < -0.39 is 0 Å². The lowest BCUT2D eigenvalue weighted by molar-refractivity contribution is 0.326. The second-order valence-electron chi connectivity index (χ2n) is 5.17. The van der Waals surface area contributed by atoms with Crippen molar-refractivity contribution in [3.8, 4) is 0 Å². The van der Waals surface area contributed by atoms with Gasteiger partial charge in [-0.15, -0.1) is 0 Å². The molecule has 1 aliphatic rings. The molecule has 1 N–H and O–H groups in total. The predicted molar refractivity (Wildman–Crippen MR) is 77.4 cm³/mol. The number of benzene rings is 1. The molecule has 3 heteroatoms. The lowest BCUT2D eigenvalue weighted by Gasteiger charge is -2.17. The minimum Gasteiger partial charge on any atom is -0.384 e. The van der Waals surface area contributed by atoms with Gasteiger partial charge in [0, 0.05) is 29.8 Å². The van der Waals surface area contributed by atoms with Crippen LogP contribution in [-0.2, 0) is 0 Å². The molecule has 2 rings (SSSR count). The number of nitrogens with one attached hydrogen (secondary N) is 1. The molecular weight excluding hydrogens is 276 g/mol. The monoisotopic (exact) mass is 296 g/mol. The molecule has 1 saturated carbocycles. The lowest BCUT2D eigenvalue weighted by atomic mass is 10.3. The standard InChI is InChI=1S/C14H21BrN2/c1-11-9-12(11)10-17(2)8-7-16-14-5-3-13(15)4-6-14/h3-6,11-12,16H,7-10H2,1-2H3. The van der Waals surface area contributed by atoms with Crippen molar-refractivity contribution in [2.75, 3.05) is 32.0 Å². The Kier molecular flexibility index (Phi) is 4.46. The van der Waals surface area contributed by atoms with Crippen molar-refractivity contribution in [3.63, 3.8) is 0 Å². The number of nitrogens with zero attached hydrogens (tertiary/aromatic N) is 1. The fraction of sp³-hybridized carbons (Fsp3) is 0.571. The van der Waals surface area contributed by atoms with Gasteiger partial charge in [0.25, 0.3) is 0 Å². The molecule has 0 aliphatic heterocycles. The number of hydrogen-bond donors (Lipinski definition) is 1. The van der Waals surface area contributed by atoms with Crippen LogP contribution in [-0.4, -0.2) is 31.6 Å². The molecule has 1 aliphatic carbocycles. The quantitative estimate of drug-likeness (QED) is 0.865. The van der Waals surface area contributed by atoms with E-state index in [1.165, 1.54) is 18.7 Å². The van der Waals surface area contributed by atoms with Crippen LogP contribution in [0.1, 0.15) is 13.3 Å². The first-order chi connectivity index (χ1) is 8.15. The van der Waals surface area contributed by atoms with E-state index in [0.717, 1.165) is 29.4 Å². The van der Waals surface area contributed by atoms with Gasteiger partial charge in [-0.1, -0.05) is 22.9 Å². The first-order valence-electron chi connectivity index (χ1n) is 6.33. The second kappa shape index (κ2) is 5.87. The molecule has 1 aromatic rings. The number of rotatable bonds is 6. The molecule has 94 valence electrons. The maximum Gasteiger partial charge on any atom is 0.0341 e. The lowest BCUT2D eigenvalue weighted by Crippen LogP contribution is -2.27. The van der Waals surface area contributed by atoms with Gasteiger partial charge in [0.1, 0.15) is 0 Å². The number of hydrogen-bond acceptors (Lipinski definition) is 2. The van der Waals surface area contributed by atoms with Crippen LogP contribution >= 0.6 is 15.9 Å². The van der Waals surface area contributed by atoms with Crippen LogP contribution < -0.4 is 5.32 Å². The summed E-state index contributed by atoms with van der Waals surface area (Å²) in [7, 11) is 2.22. The summed E-state index contributed by atoms with van der Waals surface area (Å²) < 4.78 is 1.13. The molecular formula is C14H21BrN2. The summed E-state index contributed by atoms with van der Waals surface area (Å²) in [5.41, 5.74) is 1.20.